The molecule has 1 heterocycles. The quantitative estimate of drug-likeness (QED) is 0.525. The van der Waals surface area contributed by atoms with E-state index < -0.39 is 0 Å². The Morgan fingerprint density at radius 2 is 2.09 bits per heavy atom. The van der Waals surface area contributed by atoms with Crippen LogP contribution in [0, 0.1) is 0 Å². The first-order chi connectivity index (χ1) is 10.6. The van der Waals surface area contributed by atoms with Crippen LogP contribution < -0.4 is 0 Å². The van der Waals surface area contributed by atoms with Gasteiger partial charge in [0.05, 0.1) is 0 Å². The van der Waals surface area contributed by atoms with Crippen LogP contribution in [0.1, 0.15) is 78.1 Å². The van der Waals surface area contributed by atoms with Crippen molar-refractivity contribution in [3.8, 4) is 0 Å². The molecule has 0 aromatic rings. The Morgan fingerprint density at radius 3 is 2.82 bits per heavy atom. The molecule has 22 heavy (non-hydrogen) atoms. The van der Waals surface area contributed by atoms with Gasteiger partial charge in [0.15, 0.2) is 5.78 Å². The van der Waals surface area contributed by atoms with Crippen LogP contribution in [0.3, 0.4) is 0 Å². The molecule has 0 radical (unpaired) electrons. The summed E-state index contributed by atoms with van der Waals surface area (Å²) in [5.41, 5.74) is 0.884. The van der Waals surface area contributed by atoms with Crippen LogP contribution in [-0.4, -0.2) is 24.0 Å². The van der Waals surface area contributed by atoms with Crippen LogP contribution >= 0.6 is 0 Å². The lowest BCUT2D eigenvalue weighted by Crippen LogP contribution is -2.36. The summed E-state index contributed by atoms with van der Waals surface area (Å²) in [6.07, 6.45) is 9.11. The molecular weight excluding hydrogens is 280 g/mol. The summed E-state index contributed by atoms with van der Waals surface area (Å²) in [5.74, 6) is 0.855. The Labute approximate surface area is 133 Å². The first-order valence-electron chi connectivity index (χ1n) is 8.71. The monoisotopic (exact) mass is 308 g/mol. The first-order valence-corrected chi connectivity index (χ1v) is 8.71. The van der Waals surface area contributed by atoms with Gasteiger partial charge < -0.3 is 9.47 Å². The highest BCUT2D eigenvalue weighted by Crippen LogP contribution is 2.34. The van der Waals surface area contributed by atoms with Gasteiger partial charge >= 0.3 is 5.97 Å². The van der Waals surface area contributed by atoms with E-state index in [0.717, 1.165) is 56.3 Å². The molecule has 0 bridgehead atoms. The van der Waals surface area contributed by atoms with Gasteiger partial charge in [-0.15, -0.1) is 0 Å². The lowest BCUT2D eigenvalue weighted by molar-refractivity contribution is -0.155. The van der Waals surface area contributed by atoms with Gasteiger partial charge in [-0.2, -0.15) is 0 Å². The fraction of sp³-hybridized carbons (Fsp3) is 0.778. The Balaban J connectivity index is 1.96. The zero-order valence-corrected chi connectivity index (χ0v) is 13.9. The minimum absolute atomic E-state index is 0.0878. The molecule has 0 saturated heterocycles. The molecule has 0 unspecified atom stereocenters. The highest BCUT2D eigenvalue weighted by Gasteiger charge is 2.34. The second-order valence-corrected chi connectivity index (χ2v) is 6.37. The summed E-state index contributed by atoms with van der Waals surface area (Å²) in [7, 11) is 0. The van der Waals surface area contributed by atoms with Gasteiger partial charge in [-0.25, -0.2) is 0 Å². The van der Waals surface area contributed by atoms with Crippen molar-refractivity contribution in [2.75, 3.05) is 0 Å². The number of allylic oxidation sites excluding steroid dienone is 2. The zero-order valence-electron chi connectivity index (χ0n) is 13.9. The second kappa shape index (κ2) is 8.35. The van der Waals surface area contributed by atoms with Crippen LogP contribution in [0.4, 0.5) is 0 Å². The van der Waals surface area contributed by atoms with Gasteiger partial charge in [0.1, 0.15) is 18.0 Å². The minimum atomic E-state index is -0.247. The lowest BCUT2D eigenvalue weighted by Gasteiger charge is -2.34. The van der Waals surface area contributed by atoms with Crippen LogP contribution in [0.15, 0.2) is 11.3 Å². The van der Waals surface area contributed by atoms with E-state index in [1.54, 1.807) is 0 Å². The highest BCUT2D eigenvalue weighted by molar-refractivity contribution is 5.96. The SMILES string of the molecule is CCCCCC[C@H](OC(C)=O)[C@@H]1CCC2=C(CCCC2=O)O1. The predicted molar refractivity (Wildman–Crippen MR) is 84.3 cm³/mol. The number of carbonyl (C=O) groups is 2. The fourth-order valence-electron chi connectivity index (χ4n) is 3.37. The normalized spacial score (nSPS) is 22.8. The van der Waals surface area contributed by atoms with Crippen molar-refractivity contribution in [2.24, 2.45) is 0 Å². The van der Waals surface area contributed by atoms with Gasteiger partial charge in [0.2, 0.25) is 0 Å². The summed E-state index contributed by atoms with van der Waals surface area (Å²) in [6, 6.07) is 0. The molecule has 124 valence electrons. The van der Waals surface area contributed by atoms with Crippen LogP contribution in [0.2, 0.25) is 0 Å². The smallest absolute Gasteiger partial charge is 0.303 e. The Hall–Kier alpha value is -1.32. The summed E-state index contributed by atoms with van der Waals surface area (Å²) in [6.45, 7) is 3.64. The third kappa shape index (κ3) is 4.59. The van der Waals surface area contributed by atoms with E-state index in [1.165, 1.54) is 19.8 Å². The molecule has 0 amide bonds. The van der Waals surface area contributed by atoms with Gasteiger partial charge in [0.25, 0.3) is 0 Å². The molecule has 0 aromatic carbocycles. The number of esters is 1. The van der Waals surface area contributed by atoms with E-state index in [1.807, 2.05) is 0 Å². The van der Waals surface area contributed by atoms with Gasteiger partial charge in [-0.3, -0.25) is 9.59 Å². The number of hydrogen-bond donors (Lipinski definition) is 0. The molecule has 0 N–H and O–H groups in total. The molecule has 2 atom stereocenters. The fourth-order valence-corrected chi connectivity index (χ4v) is 3.37. The van der Waals surface area contributed by atoms with E-state index in [-0.39, 0.29) is 24.0 Å². The van der Waals surface area contributed by atoms with Crippen LogP contribution in [0.5, 0.6) is 0 Å². The summed E-state index contributed by atoms with van der Waals surface area (Å²) >= 11 is 0. The van der Waals surface area contributed by atoms with E-state index in [2.05, 4.69) is 6.92 Å². The molecule has 0 aromatic heterocycles. The van der Waals surface area contributed by atoms with Crippen molar-refractivity contribution in [3.05, 3.63) is 11.3 Å². The van der Waals surface area contributed by atoms with Crippen molar-refractivity contribution in [3.63, 3.8) is 0 Å². The summed E-state index contributed by atoms with van der Waals surface area (Å²) < 4.78 is 11.6. The third-order valence-corrected chi connectivity index (χ3v) is 4.53. The molecule has 1 aliphatic heterocycles. The molecule has 2 rings (SSSR count). The third-order valence-electron chi connectivity index (χ3n) is 4.53. The maximum Gasteiger partial charge on any atom is 0.303 e. The first kappa shape index (κ1) is 17.0. The van der Waals surface area contributed by atoms with Crippen molar-refractivity contribution in [2.45, 2.75) is 90.3 Å². The van der Waals surface area contributed by atoms with E-state index in [4.69, 9.17) is 9.47 Å². The maximum atomic E-state index is 11.9. The van der Waals surface area contributed by atoms with Gasteiger partial charge in [0, 0.05) is 25.3 Å². The lowest BCUT2D eigenvalue weighted by atomic mass is 9.88. The second-order valence-electron chi connectivity index (χ2n) is 6.37. The predicted octanol–water partition coefficient (Wildman–Crippen LogP) is 4.07. The zero-order chi connectivity index (χ0) is 15.9. The number of ether oxygens (including phenoxy) is 2. The average Bonchev–Trinajstić information content (AvgIpc) is 2.50. The van der Waals surface area contributed by atoms with Crippen LogP contribution in [-0.2, 0) is 19.1 Å². The van der Waals surface area contributed by atoms with Crippen LogP contribution in [0.25, 0.3) is 0 Å². The average molecular weight is 308 g/mol. The summed E-state index contributed by atoms with van der Waals surface area (Å²) in [5, 5.41) is 0. The van der Waals surface area contributed by atoms with Gasteiger partial charge in [-0.05, 0) is 32.1 Å². The number of carbonyl (C=O) groups excluding carboxylic acids is 2. The van der Waals surface area contributed by atoms with E-state index in [9.17, 15) is 9.59 Å². The molecule has 4 heteroatoms. The number of ketones is 1. The number of Topliss-reactive ketones (excluding diaryl/α,β-unsaturated/α-hetero) is 1. The van der Waals surface area contributed by atoms with E-state index >= 15 is 0 Å². The number of unbranched alkanes of at least 4 members (excludes halogenated alkanes) is 3. The number of hydrogen-bond acceptors (Lipinski definition) is 4. The minimum Gasteiger partial charge on any atom is -0.490 e. The molecule has 0 saturated carbocycles. The molecule has 0 fully saturated rings. The highest BCUT2D eigenvalue weighted by atomic mass is 16.6. The molecule has 4 nitrogen and oxygen atoms in total. The Kier molecular flexibility index (Phi) is 6.47. The van der Waals surface area contributed by atoms with Crippen molar-refractivity contribution in [1.82, 2.24) is 0 Å². The number of rotatable bonds is 7. The van der Waals surface area contributed by atoms with Gasteiger partial charge in [-0.1, -0.05) is 26.2 Å². The molecular formula is C18H28O4. The van der Waals surface area contributed by atoms with Crippen molar-refractivity contribution in [1.29, 1.82) is 0 Å². The maximum absolute atomic E-state index is 11.9. The molecule has 1 aliphatic carbocycles. The Bertz CT molecular complexity index is 438. The van der Waals surface area contributed by atoms with Crippen molar-refractivity contribution >= 4 is 11.8 Å². The standard InChI is InChI=1S/C18H28O4/c1-3-4-5-6-9-17(21-13(2)19)18-12-11-14-15(20)8-7-10-16(14)22-18/h17-18H,3-12H2,1-2H3/t17-,18-/m0/s1. The van der Waals surface area contributed by atoms with Crippen molar-refractivity contribution < 1.29 is 19.1 Å². The molecule has 0 spiro atoms. The summed E-state index contributed by atoms with van der Waals surface area (Å²) in [4.78, 5) is 23.3. The van der Waals surface area contributed by atoms with E-state index in [0.29, 0.717) is 6.42 Å². The Morgan fingerprint density at radius 1 is 1.27 bits per heavy atom. The largest absolute Gasteiger partial charge is 0.490 e. The molecule has 2 aliphatic rings. The topological polar surface area (TPSA) is 52.6 Å².